The molecule has 1 amide bonds. The maximum Gasteiger partial charge on any atom is 0.407 e. The van der Waals surface area contributed by atoms with Gasteiger partial charge in [0.15, 0.2) is 0 Å². The first-order chi connectivity index (χ1) is 16.8. The van der Waals surface area contributed by atoms with Gasteiger partial charge >= 0.3 is 6.09 Å². The van der Waals surface area contributed by atoms with Gasteiger partial charge < -0.3 is 19.4 Å². The number of nitrogens with one attached hydrogen (secondary N) is 1. The molecule has 1 N–H and O–H groups in total. The van der Waals surface area contributed by atoms with Gasteiger partial charge in [0.25, 0.3) is 0 Å². The molecule has 1 aromatic heterocycles. The summed E-state index contributed by atoms with van der Waals surface area (Å²) >= 11 is 0. The molecule has 3 heterocycles. The van der Waals surface area contributed by atoms with Gasteiger partial charge in [-0.15, -0.1) is 0 Å². The normalized spacial score (nSPS) is 22.9. The zero-order valence-corrected chi connectivity index (χ0v) is 21.9. The summed E-state index contributed by atoms with van der Waals surface area (Å²) < 4.78 is 66.0. The van der Waals surface area contributed by atoms with Gasteiger partial charge in [-0.25, -0.2) is 27.0 Å². The van der Waals surface area contributed by atoms with Crippen LogP contribution in [0.2, 0.25) is 0 Å². The highest BCUT2D eigenvalue weighted by molar-refractivity contribution is 7.90. The van der Waals surface area contributed by atoms with Gasteiger partial charge in [0.05, 0.1) is 24.0 Å². The van der Waals surface area contributed by atoms with E-state index < -0.39 is 45.3 Å². The fourth-order valence-corrected chi connectivity index (χ4v) is 5.74. The van der Waals surface area contributed by atoms with E-state index in [0.29, 0.717) is 31.7 Å². The first-order valence-electron chi connectivity index (χ1n) is 11.8. The standard InChI is InChI=1S/C24H32F2N4O5S/c1-6-30-20-12-29(11-19(20)27-22(30)36(5,32)33)15-10-18(28-23(31)35-24(2,3)4)21(34-13-15)16-9-14(25)7-8-17(16)26/h7-9,15,18,21H,6,10-13H2,1-5H3,(H,28,31)/t15-,18+,21-/m1/s1. The van der Waals surface area contributed by atoms with Crippen LogP contribution >= 0.6 is 0 Å². The minimum absolute atomic E-state index is 0.0242. The highest BCUT2D eigenvalue weighted by atomic mass is 32.2. The number of aromatic nitrogens is 2. The number of sulfone groups is 1. The predicted molar refractivity (Wildman–Crippen MR) is 127 cm³/mol. The van der Waals surface area contributed by atoms with Crippen molar-refractivity contribution in [2.24, 2.45) is 0 Å². The van der Waals surface area contributed by atoms with Gasteiger partial charge in [-0.05, 0) is 52.3 Å². The number of alkyl carbamates (subject to hydrolysis) is 1. The number of fused-ring (bicyclic) bond motifs is 1. The summed E-state index contributed by atoms with van der Waals surface area (Å²) in [5.74, 6) is -1.23. The lowest BCUT2D eigenvalue weighted by Crippen LogP contribution is -2.52. The van der Waals surface area contributed by atoms with E-state index in [2.05, 4.69) is 15.2 Å². The SMILES string of the molecule is CCn1c(S(C)(=O)=O)nc2c1CN([C@H]1CO[C@H](c3cc(F)ccc3F)[C@@H](NC(=O)OC(C)(C)C)C1)C2. The molecule has 36 heavy (non-hydrogen) atoms. The summed E-state index contributed by atoms with van der Waals surface area (Å²) in [6, 6.07) is 2.28. The Morgan fingerprint density at radius 2 is 2.00 bits per heavy atom. The van der Waals surface area contributed by atoms with Crippen molar-refractivity contribution in [1.82, 2.24) is 19.8 Å². The molecule has 0 bridgehead atoms. The number of hydrogen-bond acceptors (Lipinski definition) is 7. The number of nitrogens with zero attached hydrogens (tertiary/aromatic N) is 3. The molecule has 198 valence electrons. The van der Waals surface area contributed by atoms with Gasteiger partial charge in [-0.3, -0.25) is 4.90 Å². The van der Waals surface area contributed by atoms with E-state index in [4.69, 9.17) is 9.47 Å². The van der Waals surface area contributed by atoms with Crippen LogP contribution in [0.3, 0.4) is 0 Å². The maximum absolute atomic E-state index is 14.6. The lowest BCUT2D eigenvalue weighted by Gasteiger charge is -2.40. The van der Waals surface area contributed by atoms with Crippen molar-refractivity contribution in [3.05, 3.63) is 46.8 Å². The fourth-order valence-electron chi connectivity index (χ4n) is 4.83. The molecule has 2 aliphatic heterocycles. The van der Waals surface area contributed by atoms with Crippen molar-refractivity contribution in [1.29, 1.82) is 0 Å². The summed E-state index contributed by atoms with van der Waals surface area (Å²) in [4.78, 5) is 19.1. The summed E-state index contributed by atoms with van der Waals surface area (Å²) in [6.45, 7) is 8.61. The number of amides is 1. The minimum Gasteiger partial charge on any atom is -0.444 e. The van der Waals surface area contributed by atoms with Crippen LogP contribution < -0.4 is 5.32 Å². The van der Waals surface area contributed by atoms with Gasteiger partial charge in [-0.2, -0.15) is 0 Å². The second-order valence-corrected chi connectivity index (χ2v) is 12.2. The molecule has 0 saturated carbocycles. The van der Waals surface area contributed by atoms with E-state index in [0.717, 1.165) is 30.1 Å². The Morgan fingerprint density at radius 1 is 1.28 bits per heavy atom. The molecule has 0 unspecified atom stereocenters. The zero-order chi connectivity index (χ0) is 26.4. The monoisotopic (exact) mass is 526 g/mol. The molecule has 1 saturated heterocycles. The Morgan fingerprint density at radius 3 is 2.64 bits per heavy atom. The number of ether oxygens (including phenoxy) is 2. The Hall–Kier alpha value is -2.57. The molecule has 3 atom stereocenters. The average Bonchev–Trinajstić information content (AvgIpc) is 3.32. The number of carbonyl (C=O) groups is 1. The smallest absolute Gasteiger partial charge is 0.407 e. The first kappa shape index (κ1) is 26.5. The van der Waals surface area contributed by atoms with Gasteiger partial charge in [0.1, 0.15) is 23.3 Å². The minimum atomic E-state index is -3.47. The molecular formula is C24H32F2N4O5S. The van der Waals surface area contributed by atoms with Crippen LogP contribution in [0.15, 0.2) is 23.4 Å². The largest absolute Gasteiger partial charge is 0.444 e. The van der Waals surface area contributed by atoms with Crippen LogP contribution in [0.4, 0.5) is 13.6 Å². The summed E-state index contributed by atoms with van der Waals surface area (Å²) in [7, 11) is -3.47. The van der Waals surface area contributed by atoms with Crippen molar-refractivity contribution in [2.75, 3.05) is 12.9 Å². The van der Waals surface area contributed by atoms with Crippen molar-refractivity contribution >= 4 is 15.9 Å². The second-order valence-electron chi connectivity index (χ2n) is 10.3. The Labute approximate surface area is 209 Å². The number of hydrogen-bond donors (Lipinski definition) is 1. The Bertz CT molecular complexity index is 1260. The molecule has 1 aromatic carbocycles. The molecule has 0 spiro atoms. The maximum atomic E-state index is 14.6. The van der Waals surface area contributed by atoms with Crippen LogP contribution in [0.5, 0.6) is 0 Å². The summed E-state index contributed by atoms with van der Waals surface area (Å²) in [5.41, 5.74) is 0.799. The Kier molecular flexibility index (Phi) is 7.15. The third-order valence-electron chi connectivity index (χ3n) is 6.32. The summed E-state index contributed by atoms with van der Waals surface area (Å²) in [5, 5.41) is 2.84. The molecule has 2 aromatic rings. The van der Waals surface area contributed by atoms with Crippen LogP contribution in [0.1, 0.15) is 57.2 Å². The highest BCUT2D eigenvalue weighted by Gasteiger charge is 2.41. The van der Waals surface area contributed by atoms with Crippen LogP contribution in [0.25, 0.3) is 0 Å². The van der Waals surface area contributed by atoms with Crippen LogP contribution in [-0.2, 0) is 38.9 Å². The van der Waals surface area contributed by atoms with Gasteiger partial charge in [0.2, 0.25) is 15.0 Å². The van der Waals surface area contributed by atoms with Crippen molar-refractivity contribution in [3.63, 3.8) is 0 Å². The number of carbonyl (C=O) groups excluding carboxylic acids is 1. The Balaban J connectivity index is 1.56. The third kappa shape index (κ3) is 5.55. The predicted octanol–water partition coefficient (Wildman–Crippen LogP) is 3.32. The van der Waals surface area contributed by atoms with E-state index in [1.165, 1.54) is 0 Å². The third-order valence-corrected chi connectivity index (χ3v) is 7.29. The summed E-state index contributed by atoms with van der Waals surface area (Å²) in [6.07, 6.45) is -0.0638. The molecule has 1 fully saturated rings. The van der Waals surface area contributed by atoms with E-state index in [9.17, 15) is 22.0 Å². The van der Waals surface area contributed by atoms with Crippen molar-refractivity contribution in [3.8, 4) is 0 Å². The first-order valence-corrected chi connectivity index (χ1v) is 13.7. The number of halogens is 2. The van der Waals surface area contributed by atoms with Crippen molar-refractivity contribution in [2.45, 2.75) is 82.7 Å². The lowest BCUT2D eigenvalue weighted by atomic mass is 9.92. The molecule has 12 heteroatoms. The molecule has 4 rings (SSSR count). The zero-order valence-electron chi connectivity index (χ0n) is 21.0. The van der Waals surface area contributed by atoms with Gasteiger partial charge in [-0.1, -0.05) is 0 Å². The lowest BCUT2D eigenvalue weighted by molar-refractivity contribution is -0.0631. The van der Waals surface area contributed by atoms with E-state index >= 15 is 0 Å². The molecule has 9 nitrogen and oxygen atoms in total. The number of benzene rings is 1. The number of imidazole rings is 1. The molecule has 0 radical (unpaired) electrons. The molecule has 2 aliphatic rings. The molecular weight excluding hydrogens is 494 g/mol. The quantitative estimate of drug-likeness (QED) is 0.638. The average molecular weight is 527 g/mol. The molecule has 0 aliphatic carbocycles. The number of rotatable bonds is 5. The highest BCUT2D eigenvalue weighted by Crippen LogP contribution is 2.36. The topological polar surface area (TPSA) is 103 Å². The van der Waals surface area contributed by atoms with E-state index in [-0.39, 0.29) is 23.4 Å². The fraction of sp³-hybridized carbons (Fsp3) is 0.583. The van der Waals surface area contributed by atoms with E-state index in [1.807, 2.05) is 6.92 Å². The van der Waals surface area contributed by atoms with E-state index in [1.54, 1.807) is 25.3 Å². The van der Waals surface area contributed by atoms with Gasteiger partial charge in [0, 0.05) is 37.5 Å². The van der Waals surface area contributed by atoms with Crippen molar-refractivity contribution < 1.29 is 31.5 Å². The van der Waals surface area contributed by atoms with Crippen LogP contribution in [-0.4, -0.2) is 59.5 Å². The van der Waals surface area contributed by atoms with Crippen LogP contribution in [0, 0.1) is 11.6 Å². The second kappa shape index (κ2) is 9.71.